The van der Waals surface area contributed by atoms with Crippen LogP contribution >= 0.6 is 0 Å². The summed E-state index contributed by atoms with van der Waals surface area (Å²) in [6, 6.07) is 8.39. The zero-order valence-corrected chi connectivity index (χ0v) is 15.4. The van der Waals surface area contributed by atoms with Gasteiger partial charge in [-0.2, -0.15) is 0 Å². The van der Waals surface area contributed by atoms with Gasteiger partial charge in [-0.3, -0.25) is 9.59 Å². The van der Waals surface area contributed by atoms with Gasteiger partial charge in [0.2, 0.25) is 5.91 Å². The summed E-state index contributed by atoms with van der Waals surface area (Å²) in [4.78, 5) is 26.4. The van der Waals surface area contributed by atoms with Crippen molar-refractivity contribution in [3.05, 3.63) is 42.2 Å². The van der Waals surface area contributed by atoms with E-state index in [1.54, 1.807) is 24.3 Å². The molecule has 0 bridgehead atoms. The molecule has 26 heavy (non-hydrogen) atoms. The zero-order valence-electron chi connectivity index (χ0n) is 15.4. The van der Waals surface area contributed by atoms with Crippen molar-refractivity contribution in [2.45, 2.75) is 39.7 Å². The predicted octanol–water partition coefficient (Wildman–Crippen LogP) is 3.34. The fourth-order valence-corrected chi connectivity index (χ4v) is 2.30. The maximum absolute atomic E-state index is 12.8. The van der Waals surface area contributed by atoms with Gasteiger partial charge in [0, 0.05) is 17.7 Å². The zero-order chi connectivity index (χ0) is 18.9. The third kappa shape index (κ3) is 5.61. The summed E-state index contributed by atoms with van der Waals surface area (Å²) >= 11 is 0. The number of carbonyl (C=O) groups excluding carboxylic acids is 2. The van der Waals surface area contributed by atoms with Gasteiger partial charge in [-0.05, 0) is 44.5 Å². The number of amides is 2. The Morgan fingerprint density at radius 2 is 1.96 bits per heavy atom. The second-order valence-electron chi connectivity index (χ2n) is 6.19. The van der Waals surface area contributed by atoms with Crippen LogP contribution in [0, 0.1) is 0 Å². The van der Waals surface area contributed by atoms with Gasteiger partial charge >= 0.3 is 0 Å². The van der Waals surface area contributed by atoms with Crippen molar-refractivity contribution >= 4 is 17.6 Å². The van der Waals surface area contributed by atoms with E-state index in [0.29, 0.717) is 18.0 Å². The molecule has 2 rings (SSSR count). The molecule has 1 aromatic heterocycles. The lowest BCUT2D eigenvalue weighted by atomic mass is 10.1. The monoisotopic (exact) mass is 359 g/mol. The van der Waals surface area contributed by atoms with E-state index in [4.69, 9.17) is 4.74 Å². The van der Waals surface area contributed by atoms with E-state index in [2.05, 4.69) is 21.9 Å². The number of unbranched alkanes of at least 4 members (excludes halogenated alkanes) is 1. The Bertz CT molecular complexity index is 696. The average molecular weight is 359 g/mol. The highest BCUT2D eigenvalue weighted by Crippen LogP contribution is 2.15. The Kier molecular flexibility index (Phi) is 7.20. The van der Waals surface area contributed by atoms with Crippen molar-refractivity contribution in [1.29, 1.82) is 0 Å². The van der Waals surface area contributed by atoms with Crippen LogP contribution in [-0.2, 0) is 4.79 Å². The minimum absolute atomic E-state index is 0.0713. The molecule has 0 saturated heterocycles. The summed E-state index contributed by atoms with van der Waals surface area (Å²) in [5, 5.41) is 6.22. The molecular weight excluding hydrogens is 334 g/mol. The summed E-state index contributed by atoms with van der Waals surface area (Å²) in [6.45, 7) is 6.42. The largest absolute Gasteiger partial charge is 0.494 e. The fourth-order valence-electron chi connectivity index (χ4n) is 2.30. The second-order valence-corrected chi connectivity index (χ2v) is 6.19. The van der Waals surface area contributed by atoms with Gasteiger partial charge in [0.1, 0.15) is 18.6 Å². The quantitative estimate of drug-likeness (QED) is 0.694. The van der Waals surface area contributed by atoms with Gasteiger partial charge in [0.05, 0.1) is 6.61 Å². The highest BCUT2D eigenvalue weighted by molar-refractivity contribution is 5.99. The number of hydrogen-bond donors (Lipinski definition) is 1. The molecule has 0 aliphatic rings. The standard InChI is InChI=1S/C19H25N3O4/c1-4-5-11-25-16-8-6-15(7-9-16)19(24)22(14(2)3)13-18(23)20-17-10-12-26-21-17/h6-10,12,14H,4-5,11,13H2,1-3H3,(H,20,21,23). The van der Waals surface area contributed by atoms with Gasteiger partial charge in [-0.1, -0.05) is 18.5 Å². The first-order valence-electron chi connectivity index (χ1n) is 8.75. The minimum Gasteiger partial charge on any atom is -0.494 e. The molecule has 2 aromatic rings. The van der Waals surface area contributed by atoms with E-state index < -0.39 is 0 Å². The van der Waals surface area contributed by atoms with Gasteiger partial charge in [-0.25, -0.2) is 0 Å². The summed E-state index contributed by atoms with van der Waals surface area (Å²) < 4.78 is 10.3. The first-order chi connectivity index (χ1) is 12.5. The Morgan fingerprint density at radius 1 is 1.23 bits per heavy atom. The lowest BCUT2D eigenvalue weighted by Crippen LogP contribution is -2.42. The molecule has 0 aliphatic heterocycles. The van der Waals surface area contributed by atoms with E-state index >= 15 is 0 Å². The smallest absolute Gasteiger partial charge is 0.254 e. The van der Waals surface area contributed by atoms with Crippen LogP contribution in [0.4, 0.5) is 5.82 Å². The minimum atomic E-state index is -0.333. The molecule has 7 heteroatoms. The van der Waals surface area contributed by atoms with Crippen molar-refractivity contribution in [2.75, 3.05) is 18.5 Å². The number of hydrogen-bond acceptors (Lipinski definition) is 5. The third-order valence-electron chi connectivity index (χ3n) is 3.77. The molecule has 2 amide bonds. The highest BCUT2D eigenvalue weighted by Gasteiger charge is 2.22. The number of ether oxygens (including phenoxy) is 1. The summed E-state index contributed by atoms with van der Waals surface area (Å²) in [5.74, 6) is 0.505. The Morgan fingerprint density at radius 3 is 2.54 bits per heavy atom. The van der Waals surface area contributed by atoms with Crippen molar-refractivity contribution in [3.8, 4) is 5.75 Å². The Hall–Kier alpha value is -2.83. The maximum atomic E-state index is 12.8. The number of benzene rings is 1. The van der Waals surface area contributed by atoms with E-state index in [1.165, 1.54) is 17.2 Å². The van der Waals surface area contributed by atoms with Crippen LogP contribution in [0.2, 0.25) is 0 Å². The number of anilines is 1. The summed E-state index contributed by atoms with van der Waals surface area (Å²) in [5.41, 5.74) is 0.510. The van der Waals surface area contributed by atoms with E-state index in [-0.39, 0.29) is 24.4 Å². The molecule has 0 atom stereocenters. The molecule has 0 radical (unpaired) electrons. The van der Waals surface area contributed by atoms with Crippen molar-refractivity contribution in [2.24, 2.45) is 0 Å². The topological polar surface area (TPSA) is 84.7 Å². The Balaban J connectivity index is 1.99. The molecule has 0 unspecified atom stereocenters. The Labute approximate surface area is 153 Å². The average Bonchev–Trinajstić information content (AvgIpc) is 3.12. The molecule has 140 valence electrons. The van der Waals surface area contributed by atoms with E-state index in [9.17, 15) is 9.59 Å². The number of aromatic nitrogens is 1. The van der Waals surface area contributed by atoms with Crippen LogP contribution in [0.15, 0.2) is 41.1 Å². The second kappa shape index (κ2) is 9.60. The van der Waals surface area contributed by atoms with Gasteiger partial charge < -0.3 is 19.5 Å². The number of carbonyl (C=O) groups is 2. The third-order valence-corrected chi connectivity index (χ3v) is 3.77. The fraction of sp³-hybridized carbons (Fsp3) is 0.421. The number of nitrogens with one attached hydrogen (secondary N) is 1. The van der Waals surface area contributed by atoms with Crippen molar-refractivity contribution < 1.29 is 18.8 Å². The molecule has 0 saturated carbocycles. The molecule has 1 N–H and O–H groups in total. The number of nitrogens with zero attached hydrogens (tertiary/aromatic N) is 2. The van der Waals surface area contributed by atoms with Crippen LogP contribution in [0.3, 0.4) is 0 Å². The van der Waals surface area contributed by atoms with E-state index in [1.807, 2.05) is 13.8 Å². The molecule has 1 heterocycles. The normalized spacial score (nSPS) is 10.6. The van der Waals surface area contributed by atoms with Crippen LogP contribution < -0.4 is 10.1 Å². The molecule has 0 spiro atoms. The summed E-state index contributed by atoms with van der Waals surface area (Å²) in [6.07, 6.45) is 3.42. The predicted molar refractivity (Wildman–Crippen MR) is 98.2 cm³/mol. The van der Waals surface area contributed by atoms with Gasteiger partial charge in [0.15, 0.2) is 5.82 Å². The van der Waals surface area contributed by atoms with Crippen LogP contribution in [0.1, 0.15) is 44.0 Å². The molecule has 1 aromatic carbocycles. The first-order valence-corrected chi connectivity index (χ1v) is 8.75. The lowest BCUT2D eigenvalue weighted by molar-refractivity contribution is -0.117. The summed E-state index contributed by atoms with van der Waals surface area (Å²) in [7, 11) is 0. The molecular formula is C19H25N3O4. The highest BCUT2D eigenvalue weighted by atomic mass is 16.5. The molecule has 7 nitrogen and oxygen atoms in total. The first kappa shape index (κ1) is 19.5. The SMILES string of the molecule is CCCCOc1ccc(C(=O)N(CC(=O)Nc2ccon2)C(C)C)cc1. The number of rotatable bonds is 9. The van der Waals surface area contributed by atoms with Crippen LogP contribution in [0.5, 0.6) is 5.75 Å². The van der Waals surface area contributed by atoms with Crippen LogP contribution in [-0.4, -0.2) is 41.1 Å². The maximum Gasteiger partial charge on any atom is 0.254 e. The van der Waals surface area contributed by atoms with Gasteiger partial charge in [-0.15, -0.1) is 0 Å². The lowest BCUT2D eigenvalue weighted by Gasteiger charge is -2.26. The van der Waals surface area contributed by atoms with E-state index in [0.717, 1.165) is 18.6 Å². The van der Waals surface area contributed by atoms with Crippen molar-refractivity contribution in [3.63, 3.8) is 0 Å². The molecule has 0 aliphatic carbocycles. The van der Waals surface area contributed by atoms with Crippen molar-refractivity contribution in [1.82, 2.24) is 10.1 Å². The van der Waals surface area contributed by atoms with Gasteiger partial charge in [0.25, 0.3) is 5.91 Å². The molecule has 0 fully saturated rings. The van der Waals surface area contributed by atoms with Crippen LogP contribution in [0.25, 0.3) is 0 Å².